The van der Waals surface area contributed by atoms with Crippen LogP contribution in [0.3, 0.4) is 0 Å². The summed E-state index contributed by atoms with van der Waals surface area (Å²) in [5.74, 6) is 2.27. The van der Waals surface area contributed by atoms with E-state index in [-0.39, 0.29) is 0 Å². The van der Waals surface area contributed by atoms with Gasteiger partial charge < -0.3 is 0 Å². The molecular weight excluding hydrogens is 121 g/mol. The fourth-order valence-electron chi connectivity index (χ4n) is 1.53. The molecule has 0 radical (unpaired) electrons. The van der Waals surface area contributed by atoms with Gasteiger partial charge in [0.2, 0.25) is 0 Å². The van der Waals surface area contributed by atoms with Gasteiger partial charge in [0.25, 0.3) is 0 Å². The monoisotopic (exact) mass is 137 g/mol. The summed E-state index contributed by atoms with van der Waals surface area (Å²) in [7, 11) is 0. The molecule has 0 aromatic rings. The van der Waals surface area contributed by atoms with Crippen LogP contribution in [0.2, 0.25) is 0 Å². The van der Waals surface area contributed by atoms with E-state index in [2.05, 4.69) is 45.5 Å². The van der Waals surface area contributed by atoms with E-state index in [0.29, 0.717) is 11.6 Å². The molecule has 1 aliphatic rings. The zero-order chi connectivity index (χ0) is 7.78. The van der Waals surface area contributed by atoms with Gasteiger partial charge in [0.05, 0.1) is 0 Å². The number of hydrogen-bond donors (Lipinski definition) is 0. The van der Waals surface area contributed by atoms with Crippen LogP contribution >= 0.6 is 0 Å². The second kappa shape index (κ2) is 2.50. The summed E-state index contributed by atoms with van der Waals surface area (Å²) in [6.07, 6.45) is 1.12. The fraction of sp³-hybridized carbons (Fsp3) is 0.875. The summed E-state index contributed by atoms with van der Waals surface area (Å²) < 4.78 is 0. The molecule has 0 aliphatic carbocycles. The standard InChI is InChI=1S/C8H16BN/c1-7-5-9-6-10(7)8(2,3)4/h5,7H,6H2,1-4H3. The van der Waals surface area contributed by atoms with Crippen molar-refractivity contribution in [3.8, 4) is 0 Å². The predicted molar refractivity (Wildman–Crippen MR) is 47.7 cm³/mol. The van der Waals surface area contributed by atoms with Crippen molar-refractivity contribution in [3.63, 3.8) is 0 Å². The number of hydrogen-bond acceptors (Lipinski definition) is 1. The Hall–Kier alpha value is -0.105. The third-order valence-corrected chi connectivity index (χ3v) is 2.07. The molecule has 1 atom stereocenters. The molecule has 1 nitrogen and oxygen atoms in total. The van der Waals surface area contributed by atoms with E-state index in [9.17, 15) is 0 Å². The van der Waals surface area contributed by atoms with Gasteiger partial charge in [-0.3, -0.25) is 0 Å². The average Bonchev–Trinajstić information content (AvgIpc) is 2.11. The molecule has 0 saturated carbocycles. The van der Waals surface area contributed by atoms with Gasteiger partial charge in [-0.15, -0.1) is 0 Å². The van der Waals surface area contributed by atoms with Crippen molar-refractivity contribution >= 4 is 12.9 Å². The first kappa shape index (κ1) is 8.00. The third kappa shape index (κ3) is 1.49. The molecule has 0 N–H and O–H groups in total. The molecule has 1 aliphatic heterocycles. The summed E-state index contributed by atoms with van der Waals surface area (Å²) in [5, 5.41) is 0. The summed E-state index contributed by atoms with van der Waals surface area (Å²) in [4.78, 5) is 2.48. The Morgan fingerprint density at radius 1 is 1.50 bits per heavy atom. The van der Waals surface area contributed by atoms with Gasteiger partial charge in [-0.1, -0.05) is 0 Å². The van der Waals surface area contributed by atoms with Gasteiger partial charge >= 0.3 is 63.5 Å². The Balaban J connectivity index is 2.60. The second-order valence-electron chi connectivity index (χ2n) is 3.99. The molecule has 2 heteroatoms. The van der Waals surface area contributed by atoms with E-state index in [1.54, 1.807) is 0 Å². The van der Waals surface area contributed by atoms with Gasteiger partial charge in [0.1, 0.15) is 0 Å². The van der Waals surface area contributed by atoms with Crippen LogP contribution in [0.1, 0.15) is 27.7 Å². The second-order valence-corrected chi connectivity index (χ2v) is 3.99. The Labute approximate surface area is 64.3 Å². The van der Waals surface area contributed by atoms with Crippen LogP contribution in [-0.4, -0.2) is 35.8 Å². The number of nitrogens with zero attached hydrogens (tertiary/aromatic N) is 1. The van der Waals surface area contributed by atoms with E-state index in [4.69, 9.17) is 0 Å². The predicted octanol–water partition coefficient (Wildman–Crippen LogP) is 0.953. The first-order chi connectivity index (χ1) is 4.52. The van der Waals surface area contributed by atoms with E-state index < -0.39 is 0 Å². The van der Waals surface area contributed by atoms with Crippen LogP contribution in [0.25, 0.3) is 0 Å². The zero-order valence-electron chi connectivity index (χ0n) is 7.39. The van der Waals surface area contributed by atoms with Crippen LogP contribution in [0.4, 0.5) is 0 Å². The fourth-order valence-corrected chi connectivity index (χ4v) is 1.53. The van der Waals surface area contributed by atoms with Crippen LogP contribution in [0, 0.1) is 0 Å². The average molecular weight is 137 g/mol. The van der Waals surface area contributed by atoms with E-state index in [1.165, 1.54) is 0 Å². The van der Waals surface area contributed by atoms with Crippen molar-refractivity contribution < 1.29 is 0 Å². The Kier molecular flexibility index (Phi) is 2.00. The van der Waals surface area contributed by atoms with E-state index >= 15 is 0 Å². The molecule has 0 aromatic heterocycles. The Morgan fingerprint density at radius 2 is 2.10 bits per heavy atom. The maximum absolute atomic E-state index is 2.48. The van der Waals surface area contributed by atoms with Gasteiger partial charge in [0, 0.05) is 0 Å². The summed E-state index contributed by atoms with van der Waals surface area (Å²) in [6.45, 7) is 11.3. The molecule has 0 fully saturated rings. The minimum atomic E-state index is 0.322. The van der Waals surface area contributed by atoms with Crippen LogP contribution in [0.15, 0.2) is 0 Å². The Morgan fingerprint density at radius 3 is 2.30 bits per heavy atom. The van der Waals surface area contributed by atoms with Gasteiger partial charge in [0.15, 0.2) is 0 Å². The molecule has 0 aromatic carbocycles. The van der Waals surface area contributed by atoms with Crippen LogP contribution in [-0.2, 0) is 0 Å². The quantitative estimate of drug-likeness (QED) is 0.449. The van der Waals surface area contributed by atoms with Crippen molar-refractivity contribution in [3.05, 3.63) is 0 Å². The molecule has 0 amide bonds. The molecular formula is C8H16BN. The summed E-state index contributed by atoms with van der Waals surface area (Å²) in [5.41, 5.74) is 0.322. The Bertz CT molecular complexity index is 146. The van der Waals surface area contributed by atoms with E-state index in [1.807, 2.05) is 0 Å². The molecule has 1 unspecified atom stereocenters. The van der Waals surface area contributed by atoms with E-state index in [0.717, 1.165) is 6.44 Å². The molecule has 1 heterocycles. The van der Waals surface area contributed by atoms with Crippen molar-refractivity contribution in [2.75, 3.05) is 6.44 Å². The first-order valence-electron chi connectivity index (χ1n) is 3.95. The van der Waals surface area contributed by atoms with Gasteiger partial charge in [-0.2, -0.15) is 0 Å². The topological polar surface area (TPSA) is 3.24 Å². The SMILES string of the molecule is CC1C=BCN1C(C)(C)C. The van der Waals surface area contributed by atoms with Gasteiger partial charge in [-0.25, -0.2) is 0 Å². The van der Waals surface area contributed by atoms with Crippen molar-refractivity contribution in [1.29, 1.82) is 0 Å². The van der Waals surface area contributed by atoms with Crippen LogP contribution in [0.5, 0.6) is 0 Å². The maximum atomic E-state index is 2.48. The van der Waals surface area contributed by atoms with Crippen molar-refractivity contribution in [1.82, 2.24) is 4.90 Å². The molecule has 10 heavy (non-hydrogen) atoms. The van der Waals surface area contributed by atoms with Crippen molar-refractivity contribution in [2.24, 2.45) is 0 Å². The third-order valence-electron chi connectivity index (χ3n) is 2.07. The molecule has 0 saturated heterocycles. The van der Waals surface area contributed by atoms with Gasteiger partial charge in [-0.05, 0) is 0 Å². The summed E-state index contributed by atoms with van der Waals surface area (Å²) >= 11 is 0. The zero-order valence-corrected chi connectivity index (χ0v) is 7.39. The molecule has 1 rings (SSSR count). The van der Waals surface area contributed by atoms with Crippen LogP contribution < -0.4 is 0 Å². The molecule has 0 bridgehead atoms. The minimum absolute atomic E-state index is 0.322. The summed E-state index contributed by atoms with van der Waals surface area (Å²) in [6, 6.07) is 0.625. The first-order valence-corrected chi connectivity index (χ1v) is 3.95. The number of rotatable bonds is 0. The normalized spacial score (nSPS) is 27.0. The molecule has 0 spiro atoms. The molecule has 56 valence electrons. The van der Waals surface area contributed by atoms with Crippen molar-refractivity contribution in [2.45, 2.75) is 39.3 Å².